The average molecular weight is 228 g/mol. The smallest absolute Gasteiger partial charge is 0.187 e. The molecule has 0 amide bonds. The second-order valence-corrected chi connectivity index (χ2v) is 3.43. The van der Waals surface area contributed by atoms with Gasteiger partial charge in [-0.2, -0.15) is 0 Å². The maximum absolute atomic E-state index is 11.4. The lowest BCUT2D eigenvalue weighted by molar-refractivity contribution is 0.104. The summed E-state index contributed by atoms with van der Waals surface area (Å²) in [4.78, 5) is 15.2. The molecule has 2 nitrogen and oxygen atoms in total. The monoisotopic (exact) mass is 227 g/mol. The Kier molecular flexibility index (Phi) is 4.36. The molecule has 0 saturated carbocycles. The number of aromatic nitrogens is 1. The van der Waals surface area contributed by atoms with Gasteiger partial charge >= 0.3 is 0 Å². The molecule has 0 aliphatic carbocycles. The van der Waals surface area contributed by atoms with Gasteiger partial charge < -0.3 is 0 Å². The molecule has 1 aromatic rings. The van der Waals surface area contributed by atoms with Crippen molar-refractivity contribution in [1.82, 2.24) is 4.98 Å². The minimum Gasteiger partial charge on any atom is -0.289 e. The van der Waals surface area contributed by atoms with E-state index in [1.54, 1.807) is 18.3 Å². The highest BCUT2D eigenvalue weighted by Gasteiger charge is 1.98. The number of halogens is 2. The van der Waals surface area contributed by atoms with Crippen molar-refractivity contribution in [2.24, 2.45) is 0 Å². The minimum atomic E-state index is -0.135. The minimum absolute atomic E-state index is 0.111. The predicted molar refractivity (Wildman–Crippen MR) is 57.5 cm³/mol. The Morgan fingerprint density at radius 3 is 2.79 bits per heavy atom. The molecule has 0 spiro atoms. The zero-order chi connectivity index (χ0) is 10.4. The fourth-order valence-electron chi connectivity index (χ4n) is 0.813. The van der Waals surface area contributed by atoms with Crippen LogP contribution in [0.5, 0.6) is 0 Å². The van der Waals surface area contributed by atoms with E-state index in [1.165, 1.54) is 24.4 Å². The molecule has 0 bridgehead atoms. The molecule has 0 unspecified atom stereocenters. The molecular weight excluding hydrogens is 221 g/mol. The lowest BCUT2D eigenvalue weighted by Crippen LogP contribution is -1.93. The van der Waals surface area contributed by atoms with E-state index in [9.17, 15) is 4.79 Å². The van der Waals surface area contributed by atoms with Crippen molar-refractivity contribution in [3.05, 3.63) is 52.8 Å². The van der Waals surface area contributed by atoms with Crippen LogP contribution in [0.4, 0.5) is 0 Å². The molecule has 1 rings (SSSR count). The van der Waals surface area contributed by atoms with Gasteiger partial charge in [-0.1, -0.05) is 29.3 Å². The molecule has 0 aromatic carbocycles. The van der Waals surface area contributed by atoms with Crippen molar-refractivity contribution in [3.8, 4) is 0 Å². The van der Waals surface area contributed by atoms with Gasteiger partial charge in [0, 0.05) is 18.0 Å². The topological polar surface area (TPSA) is 30.0 Å². The normalized spacial score (nSPS) is 10.1. The van der Waals surface area contributed by atoms with Gasteiger partial charge in [0.15, 0.2) is 5.78 Å². The van der Waals surface area contributed by atoms with Gasteiger partial charge in [0.05, 0.1) is 0 Å². The van der Waals surface area contributed by atoms with E-state index in [0.717, 1.165) is 0 Å². The van der Waals surface area contributed by atoms with Crippen LogP contribution >= 0.6 is 23.2 Å². The number of rotatable bonds is 3. The molecule has 0 atom stereocenters. The van der Waals surface area contributed by atoms with Crippen molar-refractivity contribution in [2.45, 2.75) is 0 Å². The summed E-state index contributed by atoms with van der Waals surface area (Å²) in [6.45, 7) is 0. The molecule has 14 heavy (non-hydrogen) atoms. The highest BCUT2D eigenvalue weighted by Crippen LogP contribution is 2.06. The van der Waals surface area contributed by atoms with E-state index in [1.807, 2.05) is 0 Å². The van der Waals surface area contributed by atoms with Gasteiger partial charge in [-0.25, -0.2) is 0 Å². The number of ketones is 1. The van der Waals surface area contributed by atoms with E-state index in [0.29, 0.717) is 5.56 Å². The molecule has 0 aliphatic rings. The zero-order valence-corrected chi connectivity index (χ0v) is 8.66. The molecule has 72 valence electrons. The third-order valence-corrected chi connectivity index (χ3v) is 1.67. The van der Waals surface area contributed by atoms with Gasteiger partial charge in [0.25, 0.3) is 0 Å². The van der Waals surface area contributed by atoms with Crippen molar-refractivity contribution >= 4 is 29.0 Å². The van der Waals surface area contributed by atoms with Gasteiger partial charge in [-0.05, 0) is 24.3 Å². The van der Waals surface area contributed by atoms with Crippen molar-refractivity contribution in [1.29, 1.82) is 0 Å². The maximum atomic E-state index is 11.4. The number of carbonyl (C=O) groups is 1. The third kappa shape index (κ3) is 3.73. The second kappa shape index (κ2) is 5.58. The zero-order valence-electron chi connectivity index (χ0n) is 7.15. The lowest BCUT2D eigenvalue weighted by Gasteiger charge is -1.91. The number of nitrogens with zero attached hydrogens (tertiary/aromatic N) is 1. The summed E-state index contributed by atoms with van der Waals surface area (Å²) in [6, 6.07) is 3.39. The van der Waals surface area contributed by atoms with Crippen LogP contribution in [-0.2, 0) is 0 Å². The van der Waals surface area contributed by atoms with Crippen LogP contribution in [0.3, 0.4) is 0 Å². The first kappa shape index (κ1) is 11.0. The molecule has 1 heterocycles. The van der Waals surface area contributed by atoms with Crippen LogP contribution in [-0.4, -0.2) is 10.8 Å². The van der Waals surface area contributed by atoms with Gasteiger partial charge in [0.1, 0.15) is 4.49 Å². The van der Waals surface area contributed by atoms with Gasteiger partial charge in [0.2, 0.25) is 0 Å². The summed E-state index contributed by atoms with van der Waals surface area (Å²) in [5.74, 6) is -0.135. The van der Waals surface area contributed by atoms with Gasteiger partial charge in [-0.3, -0.25) is 9.78 Å². The first-order valence-corrected chi connectivity index (χ1v) is 4.59. The summed E-state index contributed by atoms with van der Waals surface area (Å²) in [5, 5.41) is 0. The summed E-state index contributed by atoms with van der Waals surface area (Å²) in [5.41, 5.74) is 0.530. The standard InChI is InChI=1S/C10H7Cl2NO/c11-10(12)5-1-4-9(14)8-3-2-6-13-7-8/h1-7H. The molecule has 0 fully saturated rings. The van der Waals surface area contributed by atoms with Crippen molar-refractivity contribution < 1.29 is 4.79 Å². The van der Waals surface area contributed by atoms with E-state index in [2.05, 4.69) is 4.98 Å². The number of carbonyl (C=O) groups excluding carboxylic acids is 1. The van der Waals surface area contributed by atoms with Crippen LogP contribution in [0, 0.1) is 0 Å². The van der Waals surface area contributed by atoms with E-state index < -0.39 is 0 Å². The molecule has 4 heteroatoms. The Labute approximate surface area is 91.9 Å². The molecule has 0 saturated heterocycles. The summed E-state index contributed by atoms with van der Waals surface area (Å²) in [6.07, 6.45) is 7.40. The Morgan fingerprint density at radius 2 is 2.21 bits per heavy atom. The van der Waals surface area contributed by atoms with Gasteiger partial charge in [-0.15, -0.1) is 0 Å². The molecule has 0 radical (unpaired) electrons. The van der Waals surface area contributed by atoms with Crippen LogP contribution in [0.2, 0.25) is 0 Å². The number of hydrogen-bond acceptors (Lipinski definition) is 2. The van der Waals surface area contributed by atoms with Crippen molar-refractivity contribution in [2.75, 3.05) is 0 Å². The molecule has 0 N–H and O–H groups in total. The Hall–Kier alpha value is -1.12. The second-order valence-electron chi connectivity index (χ2n) is 2.42. The fraction of sp³-hybridized carbons (Fsp3) is 0. The Balaban J connectivity index is 2.69. The number of pyridine rings is 1. The molecular formula is C10H7Cl2NO. The average Bonchev–Trinajstić information content (AvgIpc) is 2.18. The van der Waals surface area contributed by atoms with E-state index in [4.69, 9.17) is 23.2 Å². The van der Waals surface area contributed by atoms with E-state index in [-0.39, 0.29) is 10.3 Å². The lowest BCUT2D eigenvalue weighted by atomic mass is 10.2. The van der Waals surface area contributed by atoms with Crippen LogP contribution in [0.1, 0.15) is 10.4 Å². The van der Waals surface area contributed by atoms with Crippen molar-refractivity contribution in [3.63, 3.8) is 0 Å². The van der Waals surface area contributed by atoms with Crippen LogP contribution in [0.15, 0.2) is 47.2 Å². The van der Waals surface area contributed by atoms with Crippen LogP contribution < -0.4 is 0 Å². The third-order valence-electron chi connectivity index (χ3n) is 1.42. The Bertz CT molecular complexity index is 367. The summed E-state index contributed by atoms with van der Waals surface area (Å²) >= 11 is 10.7. The summed E-state index contributed by atoms with van der Waals surface area (Å²) in [7, 11) is 0. The molecule has 1 aromatic heterocycles. The summed E-state index contributed by atoms with van der Waals surface area (Å²) < 4.78 is 0.111. The maximum Gasteiger partial charge on any atom is 0.187 e. The number of allylic oxidation sites excluding steroid dienone is 3. The van der Waals surface area contributed by atoms with Crippen LogP contribution in [0.25, 0.3) is 0 Å². The first-order chi connectivity index (χ1) is 6.70. The quantitative estimate of drug-likeness (QED) is 0.452. The largest absolute Gasteiger partial charge is 0.289 e. The first-order valence-electron chi connectivity index (χ1n) is 3.84. The highest BCUT2D eigenvalue weighted by atomic mass is 35.5. The molecule has 0 aliphatic heterocycles. The highest BCUT2D eigenvalue weighted by molar-refractivity contribution is 6.56. The number of hydrogen-bond donors (Lipinski definition) is 0. The Morgan fingerprint density at radius 1 is 1.43 bits per heavy atom. The predicted octanol–water partition coefficient (Wildman–Crippen LogP) is 3.14. The fourth-order valence-corrected chi connectivity index (χ4v) is 0.958. The SMILES string of the molecule is O=C(C=CC=C(Cl)Cl)c1cccnc1. The van der Waals surface area contributed by atoms with E-state index >= 15 is 0 Å².